The Morgan fingerprint density at radius 1 is 0.909 bits per heavy atom. The number of phenolic OH excluding ortho intramolecular Hbond substituents is 2. The minimum Gasteiger partial charge on any atom is -0.504 e. The maximum Gasteiger partial charge on any atom is 0.321 e. The van der Waals surface area contributed by atoms with Gasteiger partial charge in [-0.2, -0.15) is 9.97 Å². The van der Waals surface area contributed by atoms with Crippen LogP contribution in [0.25, 0.3) is 11.3 Å². The van der Waals surface area contributed by atoms with Gasteiger partial charge in [-0.15, -0.1) is 11.3 Å². The number of thiazole rings is 1. The molecule has 0 aliphatic heterocycles. The normalized spacial score (nSPS) is 10.5. The lowest BCUT2D eigenvalue weighted by atomic mass is 10.1. The summed E-state index contributed by atoms with van der Waals surface area (Å²) < 4.78 is 15.9. The van der Waals surface area contributed by atoms with Crippen LogP contribution in [0.15, 0.2) is 53.9 Å². The molecule has 0 bridgehead atoms. The van der Waals surface area contributed by atoms with E-state index in [1.54, 1.807) is 12.1 Å². The van der Waals surface area contributed by atoms with Crippen LogP contribution in [0, 0.1) is 0 Å². The number of phenols is 2. The second-order valence-electron chi connectivity index (χ2n) is 6.64. The Labute approximate surface area is 193 Å². The number of methoxy groups -OCH3 is 2. The zero-order valence-electron chi connectivity index (χ0n) is 17.8. The molecule has 33 heavy (non-hydrogen) atoms. The lowest BCUT2D eigenvalue weighted by molar-refractivity contribution is 0.341. The summed E-state index contributed by atoms with van der Waals surface area (Å²) in [6.45, 7) is 0.186. The molecule has 0 saturated heterocycles. The van der Waals surface area contributed by atoms with E-state index in [1.807, 2.05) is 29.6 Å². The first-order valence-corrected chi connectivity index (χ1v) is 10.6. The Morgan fingerprint density at radius 3 is 2.45 bits per heavy atom. The standard InChI is InChI=1S/C22H21N5O5S/c1-30-20-10-19(26-21(27-20)31-2)23-12-32-15-6-4-14(5-7-15)24-22-25-16(11-33-22)13-3-8-17(28)18(29)9-13/h3-11,28-29H,12H2,1-2H3,(H,24,25)(H,23,26,27). The van der Waals surface area contributed by atoms with Gasteiger partial charge in [0, 0.05) is 22.7 Å². The van der Waals surface area contributed by atoms with Crippen molar-refractivity contribution in [3.8, 4) is 40.4 Å². The highest BCUT2D eigenvalue weighted by atomic mass is 32.1. The molecule has 10 nitrogen and oxygen atoms in total. The second-order valence-corrected chi connectivity index (χ2v) is 7.50. The van der Waals surface area contributed by atoms with Crippen LogP contribution in [0.4, 0.5) is 16.6 Å². The molecule has 0 spiro atoms. The number of hydrogen-bond acceptors (Lipinski definition) is 11. The van der Waals surface area contributed by atoms with Crippen LogP contribution < -0.4 is 24.8 Å². The molecule has 0 unspecified atom stereocenters. The van der Waals surface area contributed by atoms with Gasteiger partial charge in [0.25, 0.3) is 0 Å². The molecule has 4 aromatic rings. The highest BCUT2D eigenvalue weighted by Gasteiger charge is 2.08. The average Bonchev–Trinajstić information content (AvgIpc) is 3.30. The number of benzene rings is 2. The van der Waals surface area contributed by atoms with Gasteiger partial charge in [-0.1, -0.05) is 0 Å². The Kier molecular flexibility index (Phi) is 6.60. The Balaban J connectivity index is 1.33. The zero-order valence-corrected chi connectivity index (χ0v) is 18.6. The molecule has 0 saturated carbocycles. The van der Waals surface area contributed by atoms with E-state index in [1.165, 1.54) is 37.7 Å². The van der Waals surface area contributed by atoms with Gasteiger partial charge in [-0.05, 0) is 42.5 Å². The van der Waals surface area contributed by atoms with E-state index in [2.05, 4.69) is 25.6 Å². The zero-order chi connectivity index (χ0) is 23.2. The van der Waals surface area contributed by atoms with E-state index in [0.29, 0.717) is 33.8 Å². The van der Waals surface area contributed by atoms with Crippen molar-refractivity contribution < 1.29 is 24.4 Å². The predicted octanol–water partition coefficient (Wildman–Crippen LogP) is 4.22. The lowest BCUT2D eigenvalue weighted by Crippen LogP contribution is -2.11. The van der Waals surface area contributed by atoms with Crippen LogP contribution in [-0.4, -0.2) is 46.1 Å². The van der Waals surface area contributed by atoms with Crippen molar-refractivity contribution in [1.82, 2.24) is 15.0 Å². The minimum atomic E-state index is -0.182. The Morgan fingerprint density at radius 2 is 1.73 bits per heavy atom. The van der Waals surface area contributed by atoms with Crippen molar-refractivity contribution in [2.45, 2.75) is 0 Å². The topological polar surface area (TPSA) is 131 Å². The third kappa shape index (κ3) is 5.52. The fourth-order valence-corrected chi connectivity index (χ4v) is 3.53. The molecule has 0 atom stereocenters. The molecule has 2 aromatic carbocycles. The molecule has 0 fully saturated rings. The smallest absolute Gasteiger partial charge is 0.321 e. The van der Waals surface area contributed by atoms with Crippen LogP contribution >= 0.6 is 11.3 Å². The monoisotopic (exact) mass is 467 g/mol. The Bertz CT molecular complexity index is 1210. The molecule has 11 heteroatoms. The maximum absolute atomic E-state index is 9.68. The quantitative estimate of drug-likeness (QED) is 0.210. The predicted molar refractivity (Wildman–Crippen MR) is 125 cm³/mol. The van der Waals surface area contributed by atoms with E-state index in [0.717, 1.165) is 5.69 Å². The number of rotatable bonds is 9. The maximum atomic E-state index is 9.68. The molecular weight excluding hydrogens is 446 g/mol. The van der Waals surface area contributed by atoms with Crippen molar-refractivity contribution in [3.63, 3.8) is 0 Å². The van der Waals surface area contributed by atoms with Gasteiger partial charge in [-0.3, -0.25) is 0 Å². The number of nitrogens with zero attached hydrogens (tertiary/aromatic N) is 3. The number of aromatic hydroxyl groups is 2. The minimum absolute atomic E-state index is 0.165. The van der Waals surface area contributed by atoms with Gasteiger partial charge >= 0.3 is 6.01 Å². The summed E-state index contributed by atoms with van der Waals surface area (Å²) in [5.41, 5.74) is 2.25. The van der Waals surface area contributed by atoms with Crippen molar-refractivity contribution >= 4 is 28.0 Å². The Hall–Kier alpha value is -4.25. The fourth-order valence-electron chi connectivity index (χ4n) is 2.79. The molecule has 0 aliphatic rings. The first-order chi connectivity index (χ1) is 16.0. The molecule has 4 rings (SSSR count). The summed E-state index contributed by atoms with van der Waals surface area (Å²) in [6, 6.07) is 13.8. The molecule has 2 heterocycles. The first-order valence-electron chi connectivity index (χ1n) is 9.73. The van der Waals surface area contributed by atoms with Crippen molar-refractivity contribution in [2.75, 3.05) is 31.6 Å². The van der Waals surface area contributed by atoms with Crippen molar-refractivity contribution in [3.05, 3.63) is 53.9 Å². The SMILES string of the molecule is COc1cc(NCOc2ccc(Nc3nc(-c4ccc(O)c(O)c4)cs3)cc2)nc(OC)n1. The number of ether oxygens (including phenoxy) is 3. The molecule has 2 aromatic heterocycles. The molecule has 4 N–H and O–H groups in total. The average molecular weight is 468 g/mol. The van der Waals surface area contributed by atoms with Crippen LogP contribution in [0.3, 0.4) is 0 Å². The number of aromatic nitrogens is 3. The van der Waals surface area contributed by atoms with Gasteiger partial charge in [0.1, 0.15) is 11.6 Å². The summed E-state index contributed by atoms with van der Waals surface area (Å²) in [7, 11) is 3.00. The number of hydrogen-bond donors (Lipinski definition) is 4. The van der Waals surface area contributed by atoms with E-state index in [4.69, 9.17) is 14.2 Å². The van der Waals surface area contributed by atoms with E-state index >= 15 is 0 Å². The van der Waals surface area contributed by atoms with Crippen LogP contribution in [0.1, 0.15) is 0 Å². The fraction of sp³-hybridized carbons (Fsp3) is 0.136. The molecule has 0 amide bonds. The van der Waals surface area contributed by atoms with E-state index < -0.39 is 0 Å². The van der Waals surface area contributed by atoms with Crippen molar-refractivity contribution in [2.24, 2.45) is 0 Å². The van der Waals surface area contributed by atoms with Gasteiger partial charge in [0.2, 0.25) is 5.88 Å². The highest BCUT2D eigenvalue weighted by molar-refractivity contribution is 7.14. The molecule has 170 valence electrons. The second kappa shape index (κ2) is 9.92. The van der Waals surface area contributed by atoms with Crippen LogP contribution in [0.2, 0.25) is 0 Å². The summed E-state index contributed by atoms with van der Waals surface area (Å²) >= 11 is 1.43. The van der Waals surface area contributed by atoms with Gasteiger partial charge in [0.15, 0.2) is 23.4 Å². The van der Waals surface area contributed by atoms with Gasteiger partial charge < -0.3 is 35.1 Å². The number of anilines is 3. The van der Waals surface area contributed by atoms with Crippen molar-refractivity contribution in [1.29, 1.82) is 0 Å². The molecular formula is C22H21N5O5S. The van der Waals surface area contributed by atoms with Gasteiger partial charge in [-0.25, -0.2) is 4.98 Å². The summed E-state index contributed by atoms with van der Waals surface area (Å²) in [5, 5.41) is 28.0. The number of nitrogens with one attached hydrogen (secondary N) is 2. The third-order valence-electron chi connectivity index (χ3n) is 4.45. The third-order valence-corrected chi connectivity index (χ3v) is 5.20. The van der Waals surface area contributed by atoms with E-state index in [-0.39, 0.29) is 24.2 Å². The summed E-state index contributed by atoms with van der Waals surface area (Å²) in [4.78, 5) is 12.7. The van der Waals surface area contributed by atoms with Crippen LogP contribution in [-0.2, 0) is 0 Å². The first kappa shape index (κ1) is 22.0. The molecule has 0 radical (unpaired) electrons. The van der Waals surface area contributed by atoms with E-state index in [9.17, 15) is 10.2 Å². The summed E-state index contributed by atoms with van der Waals surface area (Å²) in [5.74, 6) is 1.21. The van der Waals surface area contributed by atoms with Gasteiger partial charge in [0.05, 0.1) is 19.9 Å². The largest absolute Gasteiger partial charge is 0.504 e. The lowest BCUT2D eigenvalue weighted by Gasteiger charge is -2.10. The summed E-state index contributed by atoms with van der Waals surface area (Å²) in [6.07, 6.45) is 0. The highest BCUT2D eigenvalue weighted by Crippen LogP contribution is 2.33. The van der Waals surface area contributed by atoms with Crippen LogP contribution in [0.5, 0.6) is 29.1 Å². The molecule has 0 aliphatic carbocycles.